The van der Waals surface area contributed by atoms with Crippen LogP contribution in [0.1, 0.15) is 60.1 Å². The monoisotopic (exact) mass is 413 g/mol. The van der Waals surface area contributed by atoms with Crippen LogP contribution in [0.5, 0.6) is 0 Å². The minimum atomic E-state index is -0.474. The lowest BCUT2D eigenvalue weighted by molar-refractivity contribution is -0.119. The third kappa shape index (κ3) is 5.03. The second-order valence-electron chi connectivity index (χ2n) is 7.89. The number of nitrogens with zero attached hydrogens (tertiary/aromatic N) is 1. The molecule has 0 unspecified atom stereocenters. The molecule has 1 aromatic carbocycles. The summed E-state index contributed by atoms with van der Waals surface area (Å²) >= 11 is 1.38. The number of rotatable bonds is 6. The van der Waals surface area contributed by atoms with Gasteiger partial charge in [-0.25, -0.2) is 0 Å². The van der Waals surface area contributed by atoms with Gasteiger partial charge in [0.25, 0.3) is 11.8 Å². The highest BCUT2D eigenvalue weighted by Gasteiger charge is 2.34. The van der Waals surface area contributed by atoms with Gasteiger partial charge in [0.05, 0.1) is 4.88 Å². The Morgan fingerprint density at radius 2 is 1.90 bits per heavy atom. The highest BCUT2D eigenvalue weighted by molar-refractivity contribution is 7.12. The Morgan fingerprint density at radius 3 is 2.52 bits per heavy atom. The molecule has 154 valence electrons. The molecule has 2 N–H and O–H groups in total. The number of thiophene rings is 1. The van der Waals surface area contributed by atoms with E-state index in [1.165, 1.54) is 11.3 Å². The summed E-state index contributed by atoms with van der Waals surface area (Å²) in [6, 6.07) is 9.96. The van der Waals surface area contributed by atoms with Crippen molar-refractivity contribution in [3.8, 4) is 0 Å². The molecular formula is C22H27N3O3S. The zero-order valence-electron chi connectivity index (χ0n) is 17.0. The fourth-order valence-electron chi connectivity index (χ4n) is 3.22. The Labute approximate surface area is 175 Å². The third-order valence-corrected chi connectivity index (χ3v) is 6.16. The van der Waals surface area contributed by atoms with E-state index in [9.17, 15) is 14.4 Å². The summed E-state index contributed by atoms with van der Waals surface area (Å²) in [7, 11) is 0. The van der Waals surface area contributed by atoms with Crippen LogP contribution >= 0.6 is 11.3 Å². The van der Waals surface area contributed by atoms with Crippen LogP contribution in [-0.4, -0.2) is 40.7 Å². The summed E-state index contributed by atoms with van der Waals surface area (Å²) in [5, 5.41) is 7.73. The van der Waals surface area contributed by atoms with Gasteiger partial charge in [0.15, 0.2) is 0 Å². The van der Waals surface area contributed by atoms with Crippen LogP contribution in [0, 0.1) is 0 Å². The highest BCUT2D eigenvalue weighted by atomic mass is 32.1. The first-order chi connectivity index (χ1) is 13.8. The molecule has 2 aromatic rings. The molecule has 29 heavy (non-hydrogen) atoms. The maximum Gasteiger partial charge on any atom is 0.264 e. The van der Waals surface area contributed by atoms with Gasteiger partial charge in [0.2, 0.25) is 5.91 Å². The molecule has 7 heteroatoms. The minimum Gasteiger partial charge on any atom is -0.347 e. The van der Waals surface area contributed by atoms with E-state index in [4.69, 9.17) is 0 Å². The predicted octanol–water partition coefficient (Wildman–Crippen LogP) is 3.91. The number of benzene rings is 1. The van der Waals surface area contributed by atoms with Gasteiger partial charge in [-0.15, -0.1) is 11.3 Å². The van der Waals surface area contributed by atoms with Crippen LogP contribution in [0.25, 0.3) is 0 Å². The van der Waals surface area contributed by atoms with Crippen LogP contribution in [0.15, 0.2) is 41.8 Å². The lowest BCUT2D eigenvalue weighted by atomic mass is 10.0. The average Bonchev–Trinajstić information content (AvgIpc) is 3.39. The smallest absolute Gasteiger partial charge is 0.264 e. The standard InChI is InChI=1S/C22H27N3O3S/c1-4-22(2,3)24-19(26)15-9-11-16(12-10-15)23-20(27)17-7-5-13-25(17)21(28)18-8-6-14-29-18/h6,8-12,14,17H,4-5,7,13H2,1-3H3,(H,23,27)(H,24,26)/t17-/m0/s1. The van der Waals surface area contributed by atoms with Gasteiger partial charge in [-0.3, -0.25) is 14.4 Å². The maximum atomic E-state index is 12.8. The van der Waals surface area contributed by atoms with Gasteiger partial charge < -0.3 is 15.5 Å². The number of nitrogens with one attached hydrogen (secondary N) is 2. The third-order valence-electron chi connectivity index (χ3n) is 5.30. The van der Waals surface area contributed by atoms with Gasteiger partial charge >= 0.3 is 0 Å². The Morgan fingerprint density at radius 1 is 1.17 bits per heavy atom. The number of anilines is 1. The lowest BCUT2D eigenvalue weighted by Gasteiger charge is -2.24. The molecule has 0 spiro atoms. The van der Waals surface area contributed by atoms with Crippen LogP contribution in [0.4, 0.5) is 5.69 Å². The van der Waals surface area contributed by atoms with Crippen molar-refractivity contribution in [2.24, 2.45) is 0 Å². The van der Waals surface area contributed by atoms with Crippen LogP contribution < -0.4 is 10.6 Å². The Kier molecular flexibility index (Phi) is 6.37. The summed E-state index contributed by atoms with van der Waals surface area (Å²) in [6.45, 7) is 6.56. The van der Waals surface area contributed by atoms with E-state index in [1.54, 1.807) is 35.2 Å². The van der Waals surface area contributed by atoms with Gasteiger partial charge in [0.1, 0.15) is 6.04 Å². The quantitative estimate of drug-likeness (QED) is 0.754. The van der Waals surface area contributed by atoms with Crippen molar-refractivity contribution in [3.05, 3.63) is 52.2 Å². The fourth-order valence-corrected chi connectivity index (χ4v) is 3.90. The molecule has 0 radical (unpaired) electrons. The van der Waals surface area contributed by atoms with E-state index in [2.05, 4.69) is 10.6 Å². The SMILES string of the molecule is CCC(C)(C)NC(=O)c1ccc(NC(=O)[C@@H]2CCCN2C(=O)c2cccs2)cc1. The van der Waals surface area contributed by atoms with Gasteiger partial charge in [-0.1, -0.05) is 13.0 Å². The van der Waals surface area contributed by atoms with E-state index < -0.39 is 6.04 Å². The summed E-state index contributed by atoms with van der Waals surface area (Å²) in [4.78, 5) is 40.1. The van der Waals surface area contributed by atoms with Crippen molar-refractivity contribution in [3.63, 3.8) is 0 Å². The summed E-state index contributed by atoms with van der Waals surface area (Å²) < 4.78 is 0. The first kappa shape index (κ1) is 21.0. The fraction of sp³-hybridized carbons (Fsp3) is 0.409. The predicted molar refractivity (Wildman–Crippen MR) is 115 cm³/mol. The lowest BCUT2D eigenvalue weighted by Crippen LogP contribution is -2.43. The number of hydrogen-bond donors (Lipinski definition) is 2. The van der Waals surface area contributed by atoms with E-state index >= 15 is 0 Å². The maximum absolute atomic E-state index is 12.8. The van der Waals surface area contributed by atoms with E-state index in [-0.39, 0.29) is 23.3 Å². The van der Waals surface area contributed by atoms with E-state index in [0.717, 1.165) is 12.8 Å². The van der Waals surface area contributed by atoms with E-state index in [0.29, 0.717) is 29.1 Å². The average molecular weight is 414 g/mol. The number of likely N-dealkylation sites (tertiary alicyclic amines) is 1. The molecule has 0 bridgehead atoms. The van der Waals surface area contributed by atoms with Gasteiger partial charge in [-0.2, -0.15) is 0 Å². The van der Waals surface area contributed by atoms with E-state index in [1.807, 2.05) is 32.2 Å². The Hall–Kier alpha value is -2.67. The summed E-state index contributed by atoms with van der Waals surface area (Å²) in [5.41, 5.74) is 0.877. The molecule has 0 saturated carbocycles. The second-order valence-corrected chi connectivity index (χ2v) is 8.84. The molecular weight excluding hydrogens is 386 g/mol. The van der Waals surface area contributed by atoms with Crippen molar-refractivity contribution in [1.29, 1.82) is 0 Å². The summed E-state index contributed by atoms with van der Waals surface area (Å²) in [6.07, 6.45) is 2.28. The van der Waals surface area contributed by atoms with Crippen molar-refractivity contribution in [2.45, 2.75) is 51.6 Å². The molecule has 1 aliphatic rings. The molecule has 1 aliphatic heterocycles. The first-order valence-electron chi connectivity index (χ1n) is 9.88. The molecule has 3 rings (SSSR count). The number of hydrogen-bond acceptors (Lipinski definition) is 4. The Bertz CT molecular complexity index is 875. The number of carbonyl (C=O) groups excluding carboxylic acids is 3. The van der Waals surface area contributed by atoms with Gasteiger partial charge in [0, 0.05) is 23.3 Å². The van der Waals surface area contributed by atoms with Crippen LogP contribution in [-0.2, 0) is 4.79 Å². The molecule has 2 heterocycles. The normalized spacial score (nSPS) is 16.5. The van der Waals surface area contributed by atoms with Crippen molar-refractivity contribution in [1.82, 2.24) is 10.2 Å². The zero-order chi connectivity index (χ0) is 21.0. The number of amides is 3. The van der Waals surface area contributed by atoms with Crippen LogP contribution in [0.3, 0.4) is 0 Å². The second kappa shape index (κ2) is 8.78. The van der Waals surface area contributed by atoms with Crippen LogP contribution in [0.2, 0.25) is 0 Å². The molecule has 1 saturated heterocycles. The topological polar surface area (TPSA) is 78.5 Å². The molecule has 1 aromatic heterocycles. The molecule has 1 fully saturated rings. The largest absolute Gasteiger partial charge is 0.347 e. The first-order valence-corrected chi connectivity index (χ1v) is 10.8. The van der Waals surface area contributed by atoms with Crippen molar-refractivity contribution >= 4 is 34.7 Å². The van der Waals surface area contributed by atoms with Gasteiger partial charge in [-0.05, 0) is 68.8 Å². The molecule has 3 amide bonds. The minimum absolute atomic E-state index is 0.0943. The molecule has 1 atom stereocenters. The van der Waals surface area contributed by atoms with Crippen molar-refractivity contribution in [2.75, 3.05) is 11.9 Å². The molecule has 0 aliphatic carbocycles. The number of carbonyl (C=O) groups is 3. The summed E-state index contributed by atoms with van der Waals surface area (Å²) in [5.74, 6) is -0.432. The molecule has 6 nitrogen and oxygen atoms in total. The highest BCUT2D eigenvalue weighted by Crippen LogP contribution is 2.23. The Balaban J connectivity index is 1.63. The van der Waals surface area contributed by atoms with Crippen molar-refractivity contribution < 1.29 is 14.4 Å². The zero-order valence-corrected chi connectivity index (χ0v) is 17.8.